The van der Waals surface area contributed by atoms with Crippen LogP contribution in [0.25, 0.3) is 17.0 Å². The van der Waals surface area contributed by atoms with Gasteiger partial charge < -0.3 is 14.5 Å². The van der Waals surface area contributed by atoms with Crippen molar-refractivity contribution in [1.29, 1.82) is 0 Å². The first-order valence-electron chi connectivity index (χ1n) is 7.73. The fourth-order valence-electron chi connectivity index (χ4n) is 2.51. The van der Waals surface area contributed by atoms with Crippen LogP contribution in [-0.2, 0) is 4.79 Å². The minimum absolute atomic E-state index is 0.181. The number of furan rings is 1. The number of carbonyl (C=O) groups excluding carboxylic acids is 2. The Bertz CT molecular complexity index is 969. The number of amides is 1. The fourth-order valence-corrected chi connectivity index (χ4v) is 2.51. The van der Waals surface area contributed by atoms with Crippen LogP contribution in [0.5, 0.6) is 5.75 Å². The standard InChI is InChI=1S/C20H17NO4/c1-13(22)21-16-7-3-5-14(11-16)18(23)10-9-17-12-15-6-4-8-19(24-2)20(15)25-17/h3-12H,1-2H3,(H,21,22)/b10-9+. The molecule has 1 N–H and O–H groups in total. The van der Waals surface area contributed by atoms with Gasteiger partial charge in [0.1, 0.15) is 5.76 Å². The zero-order chi connectivity index (χ0) is 17.8. The molecule has 1 heterocycles. The molecular formula is C20H17NO4. The molecule has 0 bridgehead atoms. The van der Waals surface area contributed by atoms with Crippen LogP contribution in [0.2, 0.25) is 0 Å². The van der Waals surface area contributed by atoms with E-state index in [-0.39, 0.29) is 11.7 Å². The average molecular weight is 335 g/mol. The van der Waals surface area contributed by atoms with Gasteiger partial charge >= 0.3 is 0 Å². The average Bonchev–Trinajstić information content (AvgIpc) is 3.02. The van der Waals surface area contributed by atoms with Gasteiger partial charge in [0, 0.05) is 23.6 Å². The van der Waals surface area contributed by atoms with Crippen LogP contribution in [0.4, 0.5) is 5.69 Å². The summed E-state index contributed by atoms with van der Waals surface area (Å²) in [5.74, 6) is 0.841. The lowest BCUT2D eigenvalue weighted by Crippen LogP contribution is -2.06. The summed E-state index contributed by atoms with van der Waals surface area (Å²) in [4.78, 5) is 23.4. The number of methoxy groups -OCH3 is 1. The highest BCUT2D eigenvalue weighted by molar-refractivity contribution is 6.07. The molecule has 0 fully saturated rings. The molecule has 0 saturated carbocycles. The molecular weight excluding hydrogens is 318 g/mol. The Labute approximate surface area is 144 Å². The Morgan fingerprint density at radius 2 is 1.92 bits per heavy atom. The summed E-state index contributed by atoms with van der Waals surface area (Å²) in [5, 5.41) is 3.56. The second-order valence-corrected chi connectivity index (χ2v) is 5.49. The predicted molar refractivity (Wildman–Crippen MR) is 96.9 cm³/mol. The number of nitrogens with one attached hydrogen (secondary N) is 1. The van der Waals surface area contributed by atoms with Gasteiger partial charge in [0.05, 0.1) is 7.11 Å². The maximum absolute atomic E-state index is 12.3. The Hall–Kier alpha value is -3.34. The lowest BCUT2D eigenvalue weighted by molar-refractivity contribution is -0.114. The van der Waals surface area contributed by atoms with E-state index in [9.17, 15) is 9.59 Å². The molecule has 0 aliphatic rings. The number of rotatable bonds is 5. The molecule has 25 heavy (non-hydrogen) atoms. The van der Waals surface area contributed by atoms with Gasteiger partial charge in [-0.2, -0.15) is 0 Å². The molecule has 0 radical (unpaired) electrons. The number of allylic oxidation sites excluding steroid dienone is 1. The normalized spacial score (nSPS) is 11.0. The molecule has 0 saturated heterocycles. The summed E-state index contributed by atoms with van der Waals surface area (Å²) in [6.07, 6.45) is 3.06. The van der Waals surface area contributed by atoms with Crippen LogP contribution < -0.4 is 10.1 Å². The number of fused-ring (bicyclic) bond motifs is 1. The first kappa shape index (κ1) is 16.5. The first-order chi connectivity index (χ1) is 12.1. The number of hydrogen-bond donors (Lipinski definition) is 1. The zero-order valence-electron chi connectivity index (χ0n) is 13.9. The Morgan fingerprint density at radius 3 is 2.68 bits per heavy atom. The van der Waals surface area contributed by atoms with Crippen LogP contribution in [0.15, 0.2) is 59.0 Å². The third-order valence-corrected chi connectivity index (χ3v) is 3.61. The van der Waals surface area contributed by atoms with Crippen molar-refractivity contribution in [3.05, 3.63) is 65.9 Å². The summed E-state index contributed by atoms with van der Waals surface area (Å²) in [6, 6.07) is 14.2. The SMILES string of the molecule is COc1cccc2cc(/C=C/C(=O)c3cccc(NC(C)=O)c3)oc12. The Morgan fingerprint density at radius 1 is 1.12 bits per heavy atom. The molecule has 3 aromatic rings. The second-order valence-electron chi connectivity index (χ2n) is 5.49. The van der Waals surface area contributed by atoms with E-state index in [2.05, 4.69) is 5.32 Å². The van der Waals surface area contributed by atoms with Crippen LogP contribution in [0, 0.1) is 0 Å². The highest BCUT2D eigenvalue weighted by Gasteiger charge is 2.08. The van der Waals surface area contributed by atoms with E-state index in [1.807, 2.05) is 24.3 Å². The van der Waals surface area contributed by atoms with Crippen LogP contribution in [0.3, 0.4) is 0 Å². The minimum atomic E-state index is -0.184. The number of carbonyl (C=O) groups is 2. The summed E-state index contributed by atoms with van der Waals surface area (Å²) in [7, 11) is 1.58. The molecule has 5 nitrogen and oxygen atoms in total. The number of ether oxygens (including phenoxy) is 1. The van der Waals surface area contributed by atoms with Crippen molar-refractivity contribution < 1.29 is 18.7 Å². The lowest BCUT2D eigenvalue weighted by Gasteiger charge is -2.03. The molecule has 0 unspecified atom stereocenters. The summed E-state index contributed by atoms with van der Waals surface area (Å²) >= 11 is 0. The molecule has 0 aliphatic heterocycles. The number of benzene rings is 2. The third kappa shape index (κ3) is 3.77. The van der Waals surface area contributed by atoms with Crippen molar-refractivity contribution in [2.75, 3.05) is 12.4 Å². The van der Waals surface area contributed by atoms with Gasteiger partial charge in [0.25, 0.3) is 0 Å². The van der Waals surface area contributed by atoms with Gasteiger partial charge in [-0.3, -0.25) is 9.59 Å². The topological polar surface area (TPSA) is 68.5 Å². The molecule has 1 amide bonds. The zero-order valence-corrected chi connectivity index (χ0v) is 13.9. The van der Waals surface area contributed by atoms with Crippen molar-refractivity contribution in [2.24, 2.45) is 0 Å². The maximum atomic E-state index is 12.3. The summed E-state index contributed by atoms with van der Waals surface area (Å²) < 4.78 is 11.0. The van der Waals surface area contributed by atoms with Crippen molar-refractivity contribution in [3.8, 4) is 5.75 Å². The van der Waals surface area contributed by atoms with E-state index in [0.717, 1.165) is 5.39 Å². The molecule has 0 aliphatic carbocycles. The molecule has 126 valence electrons. The van der Waals surface area contributed by atoms with Crippen molar-refractivity contribution >= 4 is 34.4 Å². The van der Waals surface area contributed by atoms with E-state index in [0.29, 0.717) is 28.3 Å². The van der Waals surface area contributed by atoms with Gasteiger partial charge in [0.2, 0.25) is 5.91 Å². The number of hydrogen-bond acceptors (Lipinski definition) is 4. The van der Waals surface area contributed by atoms with Gasteiger partial charge in [-0.15, -0.1) is 0 Å². The molecule has 5 heteroatoms. The van der Waals surface area contributed by atoms with Gasteiger partial charge in [0.15, 0.2) is 17.1 Å². The van der Waals surface area contributed by atoms with Crippen molar-refractivity contribution in [1.82, 2.24) is 0 Å². The highest BCUT2D eigenvalue weighted by Crippen LogP contribution is 2.29. The van der Waals surface area contributed by atoms with Crippen LogP contribution >= 0.6 is 0 Å². The Balaban J connectivity index is 1.82. The minimum Gasteiger partial charge on any atom is -0.493 e. The fraction of sp³-hybridized carbons (Fsp3) is 0.100. The summed E-state index contributed by atoms with van der Waals surface area (Å²) in [6.45, 7) is 1.42. The number of anilines is 1. The van der Waals surface area contributed by atoms with Gasteiger partial charge in [-0.1, -0.05) is 24.3 Å². The molecule has 2 aromatic carbocycles. The van der Waals surface area contributed by atoms with E-state index in [1.165, 1.54) is 13.0 Å². The first-order valence-corrected chi connectivity index (χ1v) is 7.73. The second kappa shape index (κ2) is 7.05. The lowest BCUT2D eigenvalue weighted by atomic mass is 10.1. The van der Waals surface area contributed by atoms with E-state index in [4.69, 9.17) is 9.15 Å². The third-order valence-electron chi connectivity index (χ3n) is 3.61. The van der Waals surface area contributed by atoms with E-state index < -0.39 is 0 Å². The quantitative estimate of drug-likeness (QED) is 0.558. The number of ketones is 1. The molecule has 3 rings (SSSR count). The van der Waals surface area contributed by atoms with Gasteiger partial charge in [-0.25, -0.2) is 0 Å². The van der Waals surface area contributed by atoms with Gasteiger partial charge in [-0.05, 0) is 36.4 Å². The van der Waals surface area contributed by atoms with E-state index in [1.54, 1.807) is 37.5 Å². The molecule has 1 aromatic heterocycles. The van der Waals surface area contributed by atoms with Crippen molar-refractivity contribution in [2.45, 2.75) is 6.92 Å². The highest BCUT2D eigenvalue weighted by atomic mass is 16.5. The van der Waals surface area contributed by atoms with E-state index >= 15 is 0 Å². The monoisotopic (exact) mass is 335 g/mol. The molecule has 0 atom stereocenters. The largest absolute Gasteiger partial charge is 0.493 e. The predicted octanol–water partition coefficient (Wildman–Crippen LogP) is 4.30. The maximum Gasteiger partial charge on any atom is 0.221 e. The summed E-state index contributed by atoms with van der Waals surface area (Å²) in [5.41, 5.74) is 1.71. The molecule has 0 spiro atoms. The Kier molecular flexibility index (Phi) is 4.66. The van der Waals surface area contributed by atoms with Crippen LogP contribution in [0.1, 0.15) is 23.0 Å². The van der Waals surface area contributed by atoms with Crippen LogP contribution in [-0.4, -0.2) is 18.8 Å². The van der Waals surface area contributed by atoms with Crippen molar-refractivity contribution in [3.63, 3.8) is 0 Å². The smallest absolute Gasteiger partial charge is 0.221 e. The number of para-hydroxylation sites is 1.